The molecule has 1 aliphatic carbocycles. The Kier molecular flexibility index (Phi) is 6.48. The molecule has 1 atom stereocenters. The van der Waals surface area contributed by atoms with Gasteiger partial charge in [0.25, 0.3) is 5.69 Å². The lowest BCUT2D eigenvalue weighted by molar-refractivity contribution is -0.384. The first-order valence-corrected chi connectivity index (χ1v) is 13.6. The molecule has 0 aliphatic heterocycles. The molecular formula is C26H20N2O7S2. The number of carboxylic acids is 1. The van der Waals surface area contributed by atoms with Gasteiger partial charge < -0.3 is 9.84 Å². The average molecular weight is 537 g/mol. The molecule has 0 saturated carbocycles. The van der Waals surface area contributed by atoms with Crippen molar-refractivity contribution in [2.75, 3.05) is 6.61 Å². The lowest BCUT2D eigenvalue weighted by Crippen LogP contribution is -2.15. The molecular weight excluding hydrogens is 516 g/mol. The van der Waals surface area contributed by atoms with Crippen LogP contribution in [0.15, 0.2) is 77.1 Å². The lowest BCUT2D eigenvalue weighted by atomic mass is 9.93. The lowest BCUT2D eigenvalue weighted by Gasteiger charge is -2.18. The summed E-state index contributed by atoms with van der Waals surface area (Å²) < 4.78 is 33.5. The Labute approximate surface area is 216 Å². The summed E-state index contributed by atoms with van der Waals surface area (Å²) in [6, 6.07) is 19.4. The van der Waals surface area contributed by atoms with Crippen LogP contribution in [0, 0.1) is 10.1 Å². The van der Waals surface area contributed by atoms with E-state index in [2.05, 4.69) is 4.98 Å². The number of carbonyl (C=O) groups is 1. The number of aliphatic carboxylic acids is 1. The number of carboxylic acid groups (broad SMARTS) is 1. The molecule has 1 aliphatic rings. The van der Waals surface area contributed by atoms with E-state index in [4.69, 9.17) is 9.84 Å². The fraction of sp³-hybridized carbons (Fsp3) is 0.154. The van der Waals surface area contributed by atoms with Crippen molar-refractivity contribution in [1.82, 2.24) is 4.98 Å². The second-order valence-corrected chi connectivity index (χ2v) is 11.7. The molecule has 5 rings (SSSR count). The van der Waals surface area contributed by atoms with Crippen LogP contribution in [0.3, 0.4) is 0 Å². The van der Waals surface area contributed by atoms with Crippen molar-refractivity contribution in [3.8, 4) is 17.0 Å². The summed E-state index contributed by atoms with van der Waals surface area (Å²) in [5.74, 6) is -0.648. The molecule has 37 heavy (non-hydrogen) atoms. The van der Waals surface area contributed by atoms with E-state index in [-0.39, 0.29) is 10.0 Å². The Balaban J connectivity index is 1.58. The first kappa shape index (κ1) is 24.6. The third kappa shape index (κ3) is 4.70. The molecule has 0 bridgehead atoms. The van der Waals surface area contributed by atoms with Gasteiger partial charge in [0.15, 0.2) is 6.61 Å². The number of nitro groups is 1. The van der Waals surface area contributed by atoms with E-state index in [1.54, 1.807) is 42.5 Å². The van der Waals surface area contributed by atoms with Crippen LogP contribution in [-0.2, 0) is 27.5 Å². The second kappa shape index (κ2) is 9.75. The van der Waals surface area contributed by atoms with Crippen molar-refractivity contribution >= 4 is 32.8 Å². The van der Waals surface area contributed by atoms with Crippen molar-refractivity contribution < 1.29 is 28.0 Å². The summed E-state index contributed by atoms with van der Waals surface area (Å²) in [5, 5.41) is 19.0. The van der Waals surface area contributed by atoms with Crippen molar-refractivity contribution in [2.45, 2.75) is 22.4 Å². The standard InChI is InChI=1S/C26H20N2O7S2/c29-23(30)15-35-21-8-4-7-20-19(21)13-14-22-24(20)27-26(36-22)37(33,34)25(16-5-2-1-3-6-16)17-9-11-18(12-10-17)28(31)32/h1-12,25H,13-15H2,(H,29,30). The molecule has 9 nitrogen and oxygen atoms in total. The molecule has 0 saturated heterocycles. The van der Waals surface area contributed by atoms with Crippen LogP contribution in [0.25, 0.3) is 11.3 Å². The first-order chi connectivity index (χ1) is 17.8. The fourth-order valence-electron chi connectivity index (χ4n) is 4.44. The number of nitro benzene ring substituents is 1. The van der Waals surface area contributed by atoms with Gasteiger partial charge in [-0.15, -0.1) is 11.3 Å². The molecule has 0 radical (unpaired) electrons. The topological polar surface area (TPSA) is 137 Å². The van der Waals surface area contributed by atoms with Gasteiger partial charge in [0.05, 0.1) is 10.6 Å². The summed E-state index contributed by atoms with van der Waals surface area (Å²) in [7, 11) is -4.04. The summed E-state index contributed by atoms with van der Waals surface area (Å²) >= 11 is 1.11. The minimum atomic E-state index is -4.04. The highest BCUT2D eigenvalue weighted by Gasteiger charge is 2.36. The zero-order valence-electron chi connectivity index (χ0n) is 19.2. The largest absolute Gasteiger partial charge is 0.482 e. The third-order valence-electron chi connectivity index (χ3n) is 6.08. The molecule has 0 spiro atoms. The van der Waals surface area contributed by atoms with Crippen molar-refractivity contribution in [3.63, 3.8) is 0 Å². The van der Waals surface area contributed by atoms with Gasteiger partial charge in [0.2, 0.25) is 14.2 Å². The molecule has 0 fully saturated rings. The fourth-order valence-corrected chi connectivity index (χ4v) is 7.75. The van der Waals surface area contributed by atoms with E-state index in [0.29, 0.717) is 41.0 Å². The van der Waals surface area contributed by atoms with Gasteiger partial charge in [-0.3, -0.25) is 10.1 Å². The molecule has 3 aromatic carbocycles. The van der Waals surface area contributed by atoms with Gasteiger partial charge in [-0.1, -0.05) is 54.6 Å². The summed E-state index contributed by atoms with van der Waals surface area (Å²) in [6.07, 6.45) is 1.10. The Morgan fingerprint density at radius 3 is 2.41 bits per heavy atom. The summed E-state index contributed by atoms with van der Waals surface area (Å²) in [5.41, 5.74) is 2.84. The molecule has 1 unspecified atom stereocenters. The number of hydrogen-bond donors (Lipinski definition) is 1. The average Bonchev–Trinajstić information content (AvgIpc) is 3.34. The van der Waals surface area contributed by atoms with Crippen molar-refractivity contribution in [3.05, 3.63) is 104 Å². The van der Waals surface area contributed by atoms with E-state index < -0.39 is 32.6 Å². The van der Waals surface area contributed by atoms with Gasteiger partial charge in [0.1, 0.15) is 11.0 Å². The number of ether oxygens (including phenoxy) is 1. The maximum absolute atomic E-state index is 14.1. The minimum absolute atomic E-state index is 0.0468. The molecule has 188 valence electrons. The van der Waals surface area contributed by atoms with Crippen LogP contribution in [-0.4, -0.2) is 36.0 Å². The zero-order valence-corrected chi connectivity index (χ0v) is 20.9. The highest BCUT2D eigenvalue weighted by Crippen LogP contribution is 2.44. The molecule has 11 heteroatoms. The van der Waals surface area contributed by atoms with Crippen LogP contribution in [0.2, 0.25) is 0 Å². The van der Waals surface area contributed by atoms with Crippen molar-refractivity contribution in [1.29, 1.82) is 0 Å². The molecule has 1 aromatic heterocycles. The highest BCUT2D eigenvalue weighted by molar-refractivity contribution is 7.93. The number of non-ortho nitro benzene ring substituents is 1. The maximum Gasteiger partial charge on any atom is 0.341 e. The smallest absolute Gasteiger partial charge is 0.341 e. The molecule has 1 N–H and O–H groups in total. The van der Waals surface area contributed by atoms with Crippen LogP contribution in [0.1, 0.15) is 26.8 Å². The Bertz CT molecular complexity index is 1600. The number of hydrogen-bond acceptors (Lipinski definition) is 8. The van der Waals surface area contributed by atoms with Gasteiger partial charge in [-0.2, -0.15) is 0 Å². The number of aryl methyl sites for hydroxylation is 1. The summed E-state index contributed by atoms with van der Waals surface area (Å²) in [6.45, 7) is -0.478. The Hall–Kier alpha value is -4.09. The number of nitrogens with zero attached hydrogens (tertiary/aromatic N) is 2. The van der Waals surface area contributed by atoms with Crippen LogP contribution >= 0.6 is 11.3 Å². The van der Waals surface area contributed by atoms with Gasteiger partial charge in [-0.05, 0) is 30.0 Å². The third-order valence-corrected chi connectivity index (χ3v) is 9.68. The van der Waals surface area contributed by atoms with E-state index in [1.165, 1.54) is 24.3 Å². The second-order valence-electron chi connectivity index (χ2n) is 8.40. The Morgan fingerprint density at radius 1 is 1.03 bits per heavy atom. The van der Waals surface area contributed by atoms with E-state index >= 15 is 0 Å². The summed E-state index contributed by atoms with van der Waals surface area (Å²) in [4.78, 5) is 26.9. The zero-order chi connectivity index (χ0) is 26.2. The number of sulfone groups is 1. The van der Waals surface area contributed by atoms with Gasteiger partial charge >= 0.3 is 5.97 Å². The quantitative estimate of drug-likeness (QED) is 0.249. The van der Waals surface area contributed by atoms with Crippen LogP contribution in [0.5, 0.6) is 5.75 Å². The normalized spacial score (nSPS) is 13.3. The molecule has 4 aromatic rings. The maximum atomic E-state index is 14.1. The van der Waals surface area contributed by atoms with Crippen molar-refractivity contribution in [2.24, 2.45) is 0 Å². The predicted molar refractivity (Wildman–Crippen MR) is 137 cm³/mol. The van der Waals surface area contributed by atoms with E-state index in [1.807, 2.05) is 6.07 Å². The van der Waals surface area contributed by atoms with E-state index in [9.17, 15) is 23.3 Å². The minimum Gasteiger partial charge on any atom is -0.482 e. The number of benzene rings is 3. The predicted octanol–water partition coefficient (Wildman–Crippen LogP) is 4.84. The number of aromatic nitrogens is 1. The first-order valence-electron chi connectivity index (χ1n) is 11.3. The highest BCUT2D eigenvalue weighted by atomic mass is 32.2. The molecule has 1 heterocycles. The Morgan fingerprint density at radius 2 is 1.73 bits per heavy atom. The number of rotatable bonds is 8. The monoisotopic (exact) mass is 536 g/mol. The van der Waals surface area contributed by atoms with Crippen LogP contribution < -0.4 is 4.74 Å². The van der Waals surface area contributed by atoms with Crippen LogP contribution in [0.4, 0.5) is 5.69 Å². The van der Waals surface area contributed by atoms with E-state index in [0.717, 1.165) is 21.8 Å². The number of thiazole rings is 1. The van der Waals surface area contributed by atoms with Gasteiger partial charge in [-0.25, -0.2) is 18.2 Å². The number of fused-ring (bicyclic) bond motifs is 3. The SMILES string of the molecule is O=C(O)COc1cccc2c1CCc1sc(S(=O)(=O)C(c3ccccc3)c3ccc([N+](=O)[O-])cc3)nc1-2. The molecule has 0 amide bonds. The van der Waals surface area contributed by atoms with Gasteiger partial charge in [0, 0.05) is 28.1 Å².